The van der Waals surface area contributed by atoms with E-state index in [9.17, 15) is 4.79 Å². The summed E-state index contributed by atoms with van der Waals surface area (Å²) in [6, 6.07) is 20.4. The largest absolute Gasteiger partial charge is 0.304 e. The number of aryl methyl sites for hydroxylation is 1. The molecular weight excluding hydrogens is 354 g/mol. The normalized spacial score (nSPS) is 16.1. The number of rotatable bonds is 2. The summed E-state index contributed by atoms with van der Waals surface area (Å²) < 4.78 is 1.94. The highest BCUT2D eigenvalue weighted by Gasteiger charge is 2.32. The van der Waals surface area contributed by atoms with Gasteiger partial charge in [-0.25, -0.2) is 4.68 Å². The number of thiophene rings is 1. The van der Waals surface area contributed by atoms with E-state index in [1.807, 2.05) is 71.1 Å². The molecule has 0 saturated heterocycles. The second-order valence-electron chi connectivity index (χ2n) is 7.02. The van der Waals surface area contributed by atoms with Crippen LogP contribution in [0.5, 0.6) is 0 Å². The van der Waals surface area contributed by atoms with Crippen molar-refractivity contribution in [2.24, 2.45) is 0 Å². The Morgan fingerprint density at radius 2 is 1.85 bits per heavy atom. The van der Waals surface area contributed by atoms with Gasteiger partial charge in [-0.1, -0.05) is 36.4 Å². The van der Waals surface area contributed by atoms with Crippen molar-refractivity contribution in [1.82, 2.24) is 9.78 Å². The molecule has 4 aromatic rings. The van der Waals surface area contributed by atoms with E-state index in [1.54, 1.807) is 0 Å². The molecule has 0 aliphatic carbocycles. The molecule has 1 amide bonds. The minimum atomic E-state index is 0.0765. The zero-order valence-electron chi connectivity index (χ0n) is 15.2. The van der Waals surface area contributed by atoms with Crippen molar-refractivity contribution in [1.29, 1.82) is 0 Å². The number of benzene rings is 2. The summed E-state index contributed by atoms with van der Waals surface area (Å²) in [6.45, 7) is 4.11. The molecule has 0 spiro atoms. The number of anilines is 1. The van der Waals surface area contributed by atoms with Gasteiger partial charge in [0.15, 0.2) is 0 Å². The highest BCUT2D eigenvalue weighted by Crippen LogP contribution is 2.36. The summed E-state index contributed by atoms with van der Waals surface area (Å²) in [4.78, 5) is 17.1. The van der Waals surface area contributed by atoms with Gasteiger partial charge in [0.05, 0.1) is 16.3 Å². The molecule has 2 aromatic heterocycles. The first-order valence-corrected chi connectivity index (χ1v) is 9.91. The fourth-order valence-corrected chi connectivity index (χ4v) is 5.01. The van der Waals surface area contributed by atoms with Crippen LogP contribution in [-0.4, -0.2) is 21.7 Å². The van der Waals surface area contributed by atoms with Gasteiger partial charge in [0, 0.05) is 17.1 Å². The first-order chi connectivity index (χ1) is 13.1. The molecule has 5 heteroatoms. The van der Waals surface area contributed by atoms with Crippen molar-refractivity contribution >= 4 is 33.1 Å². The van der Waals surface area contributed by atoms with Crippen LogP contribution in [-0.2, 0) is 6.42 Å². The van der Waals surface area contributed by atoms with E-state index in [2.05, 4.69) is 18.1 Å². The van der Waals surface area contributed by atoms with Crippen LogP contribution in [0, 0.1) is 6.92 Å². The van der Waals surface area contributed by atoms with Crippen LogP contribution in [0.1, 0.15) is 27.9 Å². The highest BCUT2D eigenvalue weighted by atomic mass is 32.1. The molecule has 5 rings (SSSR count). The van der Waals surface area contributed by atoms with Gasteiger partial charge in [-0.15, -0.1) is 11.3 Å². The third-order valence-electron chi connectivity index (χ3n) is 5.18. The molecule has 0 radical (unpaired) electrons. The molecule has 27 heavy (non-hydrogen) atoms. The van der Waals surface area contributed by atoms with E-state index in [1.165, 1.54) is 16.9 Å². The van der Waals surface area contributed by atoms with E-state index in [0.717, 1.165) is 38.6 Å². The van der Waals surface area contributed by atoms with Crippen LogP contribution in [0.3, 0.4) is 0 Å². The lowest BCUT2D eigenvalue weighted by Crippen LogP contribution is -2.35. The number of hydrogen-bond acceptors (Lipinski definition) is 3. The maximum absolute atomic E-state index is 13.4. The van der Waals surface area contributed by atoms with Gasteiger partial charge in [-0.05, 0) is 50.1 Å². The zero-order chi connectivity index (χ0) is 18.5. The molecule has 134 valence electrons. The number of carbonyl (C=O) groups excluding carboxylic acids is 1. The molecule has 0 N–H and O–H groups in total. The molecule has 0 bridgehead atoms. The summed E-state index contributed by atoms with van der Waals surface area (Å²) in [7, 11) is 0. The highest BCUT2D eigenvalue weighted by molar-refractivity contribution is 7.20. The topological polar surface area (TPSA) is 38.1 Å². The monoisotopic (exact) mass is 373 g/mol. The number of carbonyl (C=O) groups is 1. The number of hydrogen-bond donors (Lipinski definition) is 0. The van der Waals surface area contributed by atoms with Crippen molar-refractivity contribution < 1.29 is 4.79 Å². The molecule has 1 aliphatic rings. The van der Waals surface area contributed by atoms with E-state index in [-0.39, 0.29) is 11.9 Å². The van der Waals surface area contributed by atoms with Gasteiger partial charge in [0.2, 0.25) is 0 Å². The smallest absolute Gasteiger partial charge is 0.268 e. The Kier molecular flexibility index (Phi) is 3.65. The fraction of sp³-hybridized carbons (Fsp3) is 0.182. The van der Waals surface area contributed by atoms with Crippen molar-refractivity contribution in [3.05, 3.63) is 76.8 Å². The van der Waals surface area contributed by atoms with Gasteiger partial charge < -0.3 is 4.90 Å². The molecule has 0 fully saturated rings. The van der Waals surface area contributed by atoms with Crippen molar-refractivity contribution in [2.75, 3.05) is 4.90 Å². The minimum absolute atomic E-state index is 0.0765. The summed E-state index contributed by atoms with van der Waals surface area (Å²) in [5.41, 5.74) is 4.23. The summed E-state index contributed by atoms with van der Waals surface area (Å²) >= 11 is 1.52. The third-order valence-corrected chi connectivity index (χ3v) is 6.28. The second kappa shape index (κ2) is 6.06. The first kappa shape index (κ1) is 16.3. The average molecular weight is 373 g/mol. The van der Waals surface area contributed by atoms with Crippen molar-refractivity contribution in [3.63, 3.8) is 0 Å². The first-order valence-electron chi connectivity index (χ1n) is 9.09. The Morgan fingerprint density at radius 3 is 2.67 bits per heavy atom. The fourth-order valence-electron chi connectivity index (χ4n) is 3.89. The van der Waals surface area contributed by atoms with Crippen molar-refractivity contribution in [2.45, 2.75) is 26.3 Å². The molecule has 1 atom stereocenters. The van der Waals surface area contributed by atoms with Crippen LogP contribution >= 0.6 is 11.3 Å². The Labute approximate surface area is 161 Å². The zero-order valence-corrected chi connectivity index (χ0v) is 16.0. The molecule has 4 nitrogen and oxygen atoms in total. The van der Waals surface area contributed by atoms with Crippen LogP contribution in [0.4, 0.5) is 5.69 Å². The quantitative estimate of drug-likeness (QED) is 0.497. The Balaban J connectivity index is 1.59. The Bertz CT molecular complexity index is 1160. The number of para-hydroxylation sites is 2. The average Bonchev–Trinajstić information content (AvgIpc) is 3.34. The number of aromatic nitrogens is 2. The van der Waals surface area contributed by atoms with E-state index in [4.69, 9.17) is 0 Å². The SMILES string of the molecule is Cc1nn(-c2ccccc2)c2sc(C(=O)N3c4ccccc4C[C@@H]3C)cc12. The van der Waals surface area contributed by atoms with Gasteiger partial charge in [-0.2, -0.15) is 5.10 Å². The lowest BCUT2D eigenvalue weighted by Gasteiger charge is -2.21. The predicted octanol–water partition coefficient (Wildman–Crippen LogP) is 4.99. The predicted molar refractivity (Wildman–Crippen MR) is 110 cm³/mol. The molecule has 0 saturated carbocycles. The molecular formula is C22H19N3OS. The van der Waals surface area contributed by atoms with Crippen LogP contribution in [0.25, 0.3) is 15.9 Å². The Morgan fingerprint density at radius 1 is 1.11 bits per heavy atom. The van der Waals surface area contributed by atoms with Gasteiger partial charge in [0.1, 0.15) is 4.83 Å². The second-order valence-corrected chi connectivity index (χ2v) is 8.05. The standard InChI is InChI=1S/C22H19N3OS/c1-14-12-16-8-6-7-11-19(16)24(14)21(26)20-13-18-15(2)23-25(22(18)27-20)17-9-4-3-5-10-17/h3-11,13-14H,12H2,1-2H3/t14-/m0/s1. The number of nitrogens with zero attached hydrogens (tertiary/aromatic N) is 3. The van der Waals surface area contributed by atoms with E-state index >= 15 is 0 Å². The van der Waals surface area contributed by atoms with E-state index in [0.29, 0.717) is 0 Å². The van der Waals surface area contributed by atoms with Crippen molar-refractivity contribution in [3.8, 4) is 5.69 Å². The lowest BCUT2D eigenvalue weighted by molar-refractivity contribution is 0.0985. The van der Waals surface area contributed by atoms with Crippen LogP contribution in [0.15, 0.2) is 60.7 Å². The maximum Gasteiger partial charge on any atom is 0.268 e. The summed E-state index contributed by atoms with van der Waals surface area (Å²) in [5.74, 6) is 0.0765. The molecule has 0 unspecified atom stereocenters. The maximum atomic E-state index is 13.4. The molecule has 3 heterocycles. The lowest BCUT2D eigenvalue weighted by atomic mass is 10.1. The summed E-state index contributed by atoms with van der Waals surface area (Å²) in [6.07, 6.45) is 0.906. The van der Waals surface area contributed by atoms with E-state index < -0.39 is 0 Å². The molecule has 1 aliphatic heterocycles. The minimum Gasteiger partial charge on any atom is -0.304 e. The van der Waals surface area contributed by atoms with Gasteiger partial charge >= 0.3 is 0 Å². The number of fused-ring (bicyclic) bond motifs is 2. The van der Waals surface area contributed by atoms with Gasteiger partial charge in [-0.3, -0.25) is 4.79 Å². The Hall–Kier alpha value is -2.92. The van der Waals surface area contributed by atoms with Gasteiger partial charge in [0.25, 0.3) is 5.91 Å². The summed E-state index contributed by atoms with van der Waals surface area (Å²) in [5, 5.41) is 5.72. The van der Waals surface area contributed by atoms with Crippen LogP contribution < -0.4 is 4.90 Å². The number of amides is 1. The third kappa shape index (κ3) is 2.50. The molecule has 2 aromatic carbocycles. The van der Waals surface area contributed by atoms with Crippen LogP contribution in [0.2, 0.25) is 0 Å².